The molecule has 82 valence electrons. The van der Waals surface area contributed by atoms with Crippen molar-refractivity contribution in [3.8, 4) is 0 Å². The largest absolute Gasteiger partial charge is 0.387 e. The third-order valence-electron chi connectivity index (χ3n) is 3.14. The van der Waals surface area contributed by atoms with E-state index in [1.165, 1.54) is 0 Å². The molecule has 0 amide bonds. The number of aromatic nitrogens is 1. The highest BCUT2D eigenvalue weighted by molar-refractivity contribution is 5.41. The molecule has 1 atom stereocenters. The molecule has 1 saturated carbocycles. The van der Waals surface area contributed by atoms with Gasteiger partial charge in [0.25, 0.3) is 0 Å². The topological polar surface area (TPSA) is 79.4 Å². The Labute approximate surface area is 88.8 Å². The molecule has 2 rings (SSSR count). The van der Waals surface area contributed by atoms with Crippen molar-refractivity contribution in [2.24, 2.45) is 0 Å². The molecule has 1 aromatic heterocycles. The van der Waals surface area contributed by atoms with Gasteiger partial charge in [0, 0.05) is 11.8 Å². The number of hydrogen-bond donors (Lipinski definition) is 3. The van der Waals surface area contributed by atoms with E-state index in [0.717, 1.165) is 12.8 Å². The van der Waals surface area contributed by atoms with Gasteiger partial charge in [0.2, 0.25) is 0 Å². The summed E-state index contributed by atoms with van der Waals surface area (Å²) in [5, 5.41) is 20.3. The summed E-state index contributed by atoms with van der Waals surface area (Å²) in [6, 6.07) is 3.43. The lowest BCUT2D eigenvalue weighted by Crippen LogP contribution is -2.33. The van der Waals surface area contributed by atoms with Crippen LogP contribution < -0.4 is 5.73 Å². The second-order valence-electron chi connectivity index (χ2n) is 4.19. The Balaban J connectivity index is 2.27. The lowest BCUT2D eigenvalue weighted by Gasteiger charge is -2.29. The van der Waals surface area contributed by atoms with Gasteiger partial charge in [0.1, 0.15) is 11.9 Å². The van der Waals surface area contributed by atoms with Crippen LogP contribution in [-0.4, -0.2) is 20.8 Å². The van der Waals surface area contributed by atoms with E-state index in [0.29, 0.717) is 24.2 Å². The van der Waals surface area contributed by atoms with Crippen LogP contribution >= 0.6 is 0 Å². The highest BCUT2D eigenvalue weighted by Crippen LogP contribution is 2.40. The molecule has 1 unspecified atom stereocenters. The number of aliphatic hydroxyl groups is 2. The number of pyridine rings is 1. The molecule has 1 heterocycles. The lowest BCUT2D eigenvalue weighted by atomic mass is 9.90. The first-order valence-corrected chi connectivity index (χ1v) is 5.24. The molecule has 0 spiro atoms. The molecule has 0 bridgehead atoms. The molecule has 0 aliphatic heterocycles. The van der Waals surface area contributed by atoms with Gasteiger partial charge in [-0.3, -0.25) is 0 Å². The highest BCUT2D eigenvalue weighted by atomic mass is 16.3. The zero-order chi connectivity index (χ0) is 10.9. The molecule has 1 fully saturated rings. The van der Waals surface area contributed by atoms with Gasteiger partial charge >= 0.3 is 0 Å². The number of rotatable bonds is 2. The Morgan fingerprint density at radius 1 is 1.40 bits per heavy atom. The molecular weight excluding hydrogens is 192 g/mol. The second-order valence-corrected chi connectivity index (χ2v) is 4.19. The fraction of sp³-hybridized carbons (Fsp3) is 0.545. The highest BCUT2D eigenvalue weighted by Gasteiger charge is 2.40. The maximum Gasteiger partial charge on any atom is 0.129 e. The predicted molar refractivity (Wildman–Crippen MR) is 57.0 cm³/mol. The Kier molecular flexibility index (Phi) is 2.63. The van der Waals surface area contributed by atoms with Crippen LogP contribution in [0.2, 0.25) is 0 Å². The van der Waals surface area contributed by atoms with Crippen molar-refractivity contribution in [3.05, 3.63) is 23.9 Å². The average Bonchev–Trinajstić information content (AvgIpc) is 2.66. The van der Waals surface area contributed by atoms with Crippen LogP contribution in [0.5, 0.6) is 0 Å². The minimum atomic E-state index is -1.02. The van der Waals surface area contributed by atoms with Crippen molar-refractivity contribution in [1.29, 1.82) is 0 Å². The Hall–Kier alpha value is -1.13. The first kappa shape index (κ1) is 10.4. The molecule has 0 aromatic carbocycles. The summed E-state index contributed by atoms with van der Waals surface area (Å²) >= 11 is 0. The molecule has 0 radical (unpaired) electrons. The summed E-state index contributed by atoms with van der Waals surface area (Å²) in [5.41, 5.74) is 5.18. The van der Waals surface area contributed by atoms with Gasteiger partial charge in [-0.1, -0.05) is 18.9 Å². The van der Waals surface area contributed by atoms with Crippen molar-refractivity contribution in [2.45, 2.75) is 37.4 Å². The molecule has 0 saturated heterocycles. The molecule has 1 aromatic rings. The van der Waals surface area contributed by atoms with Crippen LogP contribution in [0.15, 0.2) is 18.3 Å². The molecule has 1 aliphatic rings. The lowest BCUT2D eigenvalue weighted by molar-refractivity contribution is -0.0716. The minimum Gasteiger partial charge on any atom is -0.387 e. The van der Waals surface area contributed by atoms with Crippen LogP contribution in [0.4, 0.5) is 5.82 Å². The van der Waals surface area contributed by atoms with Crippen LogP contribution in [0.3, 0.4) is 0 Å². The van der Waals surface area contributed by atoms with Crippen LogP contribution in [-0.2, 0) is 0 Å². The van der Waals surface area contributed by atoms with Crippen molar-refractivity contribution in [1.82, 2.24) is 4.98 Å². The van der Waals surface area contributed by atoms with Gasteiger partial charge in [-0.05, 0) is 18.9 Å². The second kappa shape index (κ2) is 3.79. The first-order chi connectivity index (χ1) is 7.13. The third kappa shape index (κ3) is 1.82. The SMILES string of the molecule is Nc1ncccc1C(O)C1(O)CCCC1. The summed E-state index contributed by atoms with van der Waals surface area (Å²) in [6.45, 7) is 0. The predicted octanol–water partition coefficient (Wildman–Crippen LogP) is 1.00. The summed E-state index contributed by atoms with van der Waals surface area (Å²) < 4.78 is 0. The molecular formula is C11H16N2O2. The van der Waals surface area contributed by atoms with Crippen molar-refractivity contribution in [2.75, 3.05) is 5.73 Å². The van der Waals surface area contributed by atoms with E-state index in [4.69, 9.17) is 5.73 Å². The molecule has 15 heavy (non-hydrogen) atoms. The van der Waals surface area contributed by atoms with E-state index >= 15 is 0 Å². The number of aliphatic hydroxyl groups excluding tert-OH is 1. The van der Waals surface area contributed by atoms with Gasteiger partial charge in [-0.25, -0.2) is 4.98 Å². The standard InChI is InChI=1S/C11H16N2O2/c12-10-8(4-3-7-13-10)9(14)11(15)5-1-2-6-11/h3-4,7,9,14-15H,1-2,5-6H2,(H2,12,13). The first-order valence-electron chi connectivity index (χ1n) is 5.24. The number of anilines is 1. The smallest absolute Gasteiger partial charge is 0.129 e. The monoisotopic (exact) mass is 208 g/mol. The van der Waals surface area contributed by atoms with Gasteiger partial charge in [-0.15, -0.1) is 0 Å². The maximum absolute atomic E-state index is 10.2. The summed E-state index contributed by atoms with van der Waals surface area (Å²) in [6.07, 6.45) is 3.81. The van der Waals surface area contributed by atoms with Crippen LogP contribution in [0, 0.1) is 0 Å². The van der Waals surface area contributed by atoms with E-state index in [-0.39, 0.29) is 0 Å². The van der Waals surface area contributed by atoms with Gasteiger partial charge in [-0.2, -0.15) is 0 Å². The van der Waals surface area contributed by atoms with Crippen molar-refractivity contribution >= 4 is 5.82 Å². The average molecular weight is 208 g/mol. The summed E-state index contributed by atoms with van der Waals surface area (Å²) in [5.74, 6) is 0.297. The van der Waals surface area contributed by atoms with Crippen molar-refractivity contribution < 1.29 is 10.2 Å². The van der Waals surface area contributed by atoms with Crippen LogP contribution in [0.25, 0.3) is 0 Å². The fourth-order valence-electron chi connectivity index (χ4n) is 2.21. The number of nitrogens with two attached hydrogens (primary N) is 1. The van der Waals surface area contributed by atoms with Gasteiger partial charge < -0.3 is 15.9 Å². The zero-order valence-electron chi connectivity index (χ0n) is 8.56. The molecule has 4 nitrogen and oxygen atoms in total. The molecule has 4 N–H and O–H groups in total. The molecule has 1 aliphatic carbocycles. The summed E-state index contributed by atoms with van der Waals surface area (Å²) in [4.78, 5) is 3.91. The van der Waals surface area contributed by atoms with E-state index in [9.17, 15) is 10.2 Å². The zero-order valence-corrected chi connectivity index (χ0v) is 8.56. The van der Waals surface area contributed by atoms with E-state index in [1.807, 2.05) is 0 Å². The Morgan fingerprint density at radius 3 is 2.67 bits per heavy atom. The van der Waals surface area contributed by atoms with Crippen LogP contribution in [0.1, 0.15) is 37.4 Å². The van der Waals surface area contributed by atoms with E-state index in [2.05, 4.69) is 4.98 Å². The number of nitrogens with zero attached hydrogens (tertiary/aromatic N) is 1. The van der Waals surface area contributed by atoms with E-state index < -0.39 is 11.7 Å². The normalized spacial score (nSPS) is 21.5. The maximum atomic E-state index is 10.2. The van der Waals surface area contributed by atoms with Gasteiger partial charge in [0.05, 0.1) is 5.60 Å². The quantitative estimate of drug-likeness (QED) is 0.677. The Bertz CT molecular complexity index is 348. The minimum absolute atomic E-state index is 0.297. The van der Waals surface area contributed by atoms with Gasteiger partial charge in [0.15, 0.2) is 0 Å². The van der Waals surface area contributed by atoms with E-state index in [1.54, 1.807) is 18.3 Å². The molecule has 4 heteroatoms. The Morgan fingerprint density at radius 2 is 2.07 bits per heavy atom. The fourth-order valence-corrected chi connectivity index (χ4v) is 2.21. The summed E-state index contributed by atoms with van der Waals surface area (Å²) in [7, 11) is 0. The number of nitrogen functional groups attached to an aromatic ring is 1. The third-order valence-corrected chi connectivity index (χ3v) is 3.14. The van der Waals surface area contributed by atoms with Crippen molar-refractivity contribution in [3.63, 3.8) is 0 Å². The number of hydrogen-bond acceptors (Lipinski definition) is 4.